The average Bonchev–Trinajstić information content (AvgIpc) is 3.05. The normalized spacial score (nSPS) is 11.1. The molecule has 0 saturated heterocycles. The van der Waals surface area contributed by atoms with Gasteiger partial charge in [-0.3, -0.25) is 0 Å². The van der Waals surface area contributed by atoms with Gasteiger partial charge in [-0.15, -0.1) is 11.3 Å². The molecule has 0 N–H and O–H groups in total. The lowest BCUT2D eigenvalue weighted by molar-refractivity contribution is 0.304. The molecule has 136 valence electrons. The second-order valence-corrected chi connectivity index (χ2v) is 8.58. The first-order chi connectivity index (χ1) is 13.1. The minimum Gasteiger partial charge on any atom is -0.488 e. The van der Waals surface area contributed by atoms with E-state index in [4.69, 9.17) is 4.74 Å². The van der Waals surface area contributed by atoms with E-state index in [0.717, 1.165) is 32.3 Å². The largest absolute Gasteiger partial charge is 0.488 e. The maximum Gasteiger partial charge on any atom is 0.134 e. The second-order valence-electron chi connectivity index (χ2n) is 6.56. The van der Waals surface area contributed by atoms with Crippen molar-refractivity contribution >= 4 is 37.4 Å². The van der Waals surface area contributed by atoms with Crippen LogP contribution in [0, 0.1) is 12.7 Å². The van der Waals surface area contributed by atoms with E-state index in [9.17, 15) is 4.39 Å². The Bertz CT molecular complexity index is 1090. The molecule has 3 aromatic carbocycles. The molecule has 0 bridgehead atoms. The van der Waals surface area contributed by atoms with E-state index in [1.807, 2.05) is 24.3 Å². The van der Waals surface area contributed by atoms with E-state index in [2.05, 4.69) is 53.2 Å². The van der Waals surface area contributed by atoms with Crippen LogP contribution >= 0.6 is 27.3 Å². The Morgan fingerprint density at radius 3 is 2.63 bits per heavy atom. The highest BCUT2D eigenvalue weighted by Crippen LogP contribution is 2.33. The van der Waals surface area contributed by atoms with Crippen molar-refractivity contribution in [3.05, 3.63) is 98.6 Å². The molecule has 0 amide bonds. The Kier molecular flexibility index (Phi) is 5.28. The number of aryl methyl sites for hydroxylation is 1. The van der Waals surface area contributed by atoms with Gasteiger partial charge in [-0.2, -0.15) is 0 Å². The highest BCUT2D eigenvalue weighted by atomic mass is 79.9. The third kappa shape index (κ3) is 4.23. The maximum atomic E-state index is 13.4. The van der Waals surface area contributed by atoms with Gasteiger partial charge in [0.2, 0.25) is 0 Å². The Hall–Kier alpha value is -2.17. The van der Waals surface area contributed by atoms with Crippen LogP contribution in [0.25, 0.3) is 10.1 Å². The van der Waals surface area contributed by atoms with Crippen LogP contribution in [0.4, 0.5) is 4.39 Å². The van der Waals surface area contributed by atoms with Gasteiger partial charge in [-0.05, 0) is 81.3 Å². The predicted molar refractivity (Wildman–Crippen MR) is 114 cm³/mol. The van der Waals surface area contributed by atoms with Crippen molar-refractivity contribution in [3.8, 4) is 5.75 Å². The highest BCUT2D eigenvalue weighted by molar-refractivity contribution is 9.10. The number of thiophene rings is 1. The van der Waals surface area contributed by atoms with Gasteiger partial charge < -0.3 is 4.74 Å². The van der Waals surface area contributed by atoms with Crippen molar-refractivity contribution in [3.63, 3.8) is 0 Å². The summed E-state index contributed by atoms with van der Waals surface area (Å²) in [6.07, 6.45) is 0.824. The van der Waals surface area contributed by atoms with E-state index < -0.39 is 0 Å². The fourth-order valence-corrected chi connectivity index (χ4v) is 4.65. The summed E-state index contributed by atoms with van der Waals surface area (Å²) in [6, 6.07) is 21.4. The van der Waals surface area contributed by atoms with Crippen molar-refractivity contribution in [1.82, 2.24) is 0 Å². The summed E-state index contributed by atoms with van der Waals surface area (Å²) >= 11 is 5.36. The lowest BCUT2D eigenvalue weighted by Crippen LogP contribution is -1.98. The first-order valence-electron chi connectivity index (χ1n) is 8.72. The van der Waals surface area contributed by atoms with Crippen LogP contribution in [0.15, 0.2) is 71.2 Å². The van der Waals surface area contributed by atoms with E-state index in [0.29, 0.717) is 6.61 Å². The number of halogens is 2. The van der Waals surface area contributed by atoms with Gasteiger partial charge in [-0.25, -0.2) is 4.39 Å². The number of benzene rings is 3. The fraction of sp³-hybridized carbons (Fsp3) is 0.130. The molecule has 4 rings (SSSR count). The standard InChI is InChI=1S/C23H18BrFOS/c1-15-9-22(26-14-16-5-3-2-4-6-16)21(24)13-17(15)11-20-12-18-10-19(25)7-8-23(18)27-20/h2-10,12-13H,11,14H2,1H3. The number of rotatable bonds is 5. The van der Waals surface area contributed by atoms with Gasteiger partial charge in [0.15, 0.2) is 0 Å². The molecule has 0 spiro atoms. The summed E-state index contributed by atoms with van der Waals surface area (Å²) < 4.78 is 21.5. The van der Waals surface area contributed by atoms with Crippen molar-refractivity contribution in [2.45, 2.75) is 20.0 Å². The van der Waals surface area contributed by atoms with E-state index in [1.165, 1.54) is 22.1 Å². The van der Waals surface area contributed by atoms with Gasteiger partial charge >= 0.3 is 0 Å². The van der Waals surface area contributed by atoms with Crippen molar-refractivity contribution in [2.75, 3.05) is 0 Å². The molecule has 0 aliphatic heterocycles. The lowest BCUT2D eigenvalue weighted by atomic mass is 10.0. The number of hydrogen-bond donors (Lipinski definition) is 0. The van der Waals surface area contributed by atoms with Gasteiger partial charge in [0.05, 0.1) is 4.47 Å². The molecule has 0 fully saturated rings. The smallest absolute Gasteiger partial charge is 0.134 e. The Morgan fingerprint density at radius 2 is 1.81 bits per heavy atom. The van der Waals surface area contributed by atoms with Crippen LogP contribution < -0.4 is 4.74 Å². The van der Waals surface area contributed by atoms with Crippen molar-refractivity contribution < 1.29 is 9.13 Å². The summed E-state index contributed by atoms with van der Waals surface area (Å²) in [5.41, 5.74) is 3.56. The molecular weight excluding hydrogens is 423 g/mol. The summed E-state index contributed by atoms with van der Waals surface area (Å²) in [5, 5.41) is 0.967. The molecule has 0 atom stereocenters. The van der Waals surface area contributed by atoms with Gasteiger partial charge in [-0.1, -0.05) is 30.3 Å². The molecule has 0 unspecified atom stereocenters. The Balaban J connectivity index is 1.53. The molecule has 0 radical (unpaired) electrons. The van der Waals surface area contributed by atoms with Crippen molar-refractivity contribution in [1.29, 1.82) is 0 Å². The molecule has 1 heterocycles. The number of fused-ring (bicyclic) bond motifs is 1. The van der Waals surface area contributed by atoms with Crippen LogP contribution in [0.5, 0.6) is 5.75 Å². The van der Waals surface area contributed by atoms with E-state index >= 15 is 0 Å². The monoisotopic (exact) mass is 440 g/mol. The molecule has 27 heavy (non-hydrogen) atoms. The van der Waals surface area contributed by atoms with Crippen LogP contribution in [0.3, 0.4) is 0 Å². The first-order valence-corrected chi connectivity index (χ1v) is 10.3. The van der Waals surface area contributed by atoms with Gasteiger partial charge in [0.25, 0.3) is 0 Å². The molecule has 0 saturated carbocycles. The van der Waals surface area contributed by atoms with Crippen LogP contribution in [0.1, 0.15) is 21.6 Å². The van der Waals surface area contributed by atoms with Crippen LogP contribution in [-0.4, -0.2) is 0 Å². The third-order valence-corrected chi connectivity index (χ3v) is 6.26. The summed E-state index contributed by atoms with van der Waals surface area (Å²) in [5.74, 6) is 0.657. The zero-order chi connectivity index (χ0) is 18.8. The number of hydrogen-bond acceptors (Lipinski definition) is 2. The third-order valence-electron chi connectivity index (χ3n) is 4.52. The Labute approximate surface area is 170 Å². The number of ether oxygens (including phenoxy) is 1. The summed E-state index contributed by atoms with van der Waals surface area (Å²) in [6.45, 7) is 2.64. The summed E-state index contributed by atoms with van der Waals surface area (Å²) in [4.78, 5) is 1.23. The quantitative estimate of drug-likeness (QED) is 0.316. The lowest BCUT2D eigenvalue weighted by Gasteiger charge is -2.12. The molecule has 4 aromatic rings. The first kappa shape index (κ1) is 18.2. The van der Waals surface area contributed by atoms with Crippen LogP contribution in [0.2, 0.25) is 0 Å². The van der Waals surface area contributed by atoms with E-state index in [1.54, 1.807) is 17.4 Å². The summed E-state index contributed by atoms with van der Waals surface area (Å²) in [7, 11) is 0. The molecular formula is C23H18BrFOS. The zero-order valence-corrected chi connectivity index (χ0v) is 17.2. The topological polar surface area (TPSA) is 9.23 Å². The second kappa shape index (κ2) is 7.83. The molecule has 1 aromatic heterocycles. The molecule has 1 nitrogen and oxygen atoms in total. The van der Waals surface area contributed by atoms with E-state index in [-0.39, 0.29) is 5.82 Å². The Morgan fingerprint density at radius 1 is 1.00 bits per heavy atom. The fourth-order valence-electron chi connectivity index (χ4n) is 3.08. The minimum atomic E-state index is -0.189. The zero-order valence-electron chi connectivity index (χ0n) is 14.8. The predicted octanol–water partition coefficient (Wildman–Crippen LogP) is 7.28. The molecule has 0 aliphatic rings. The SMILES string of the molecule is Cc1cc(OCc2ccccc2)c(Br)cc1Cc1cc2cc(F)ccc2s1. The maximum absolute atomic E-state index is 13.4. The minimum absolute atomic E-state index is 0.189. The van der Waals surface area contributed by atoms with Crippen molar-refractivity contribution in [2.24, 2.45) is 0 Å². The molecule has 0 aliphatic carbocycles. The van der Waals surface area contributed by atoms with Gasteiger partial charge in [0.1, 0.15) is 18.2 Å². The average molecular weight is 441 g/mol. The van der Waals surface area contributed by atoms with Gasteiger partial charge in [0, 0.05) is 16.0 Å². The highest BCUT2D eigenvalue weighted by Gasteiger charge is 2.10. The molecule has 4 heteroatoms. The van der Waals surface area contributed by atoms with Crippen LogP contribution in [-0.2, 0) is 13.0 Å².